The highest BCUT2D eigenvalue weighted by molar-refractivity contribution is 5.83. The number of anilines is 1. The van der Waals surface area contributed by atoms with E-state index in [2.05, 4.69) is 47.8 Å². The van der Waals surface area contributed by atoms with E-state index in [-0.39, 0.29) is 6.04 Å². The van der Waals surface area contributed by atoms with Crippen molar-refractivity contribution < 1.29 is 0 Å². The fraction of sp³-hybridized carbons (Fsp3) is 0.143. The van der Waals surface area contributed by atoms with Crippen molar-refractivity contribution in [3.63, 3.8) is 0 Å². The highest BCUT2D eigenvalue weighted by Crippen LogP contribution is 2.39. The van der Waals surface area contributed by atoms with E-state index in [0.29, 0.717) is 6.54 Å². The molecule has 3 rings (SSSR count). The molecule has 3 N–H and O–H groups in total. The average molecular weight is 210 g/mol. The quantitative estimate of drug-likeness (QED) is 0.759. The highest BCUT2D eigenvalue weighted by Gasteiger charge is 2.21. The summed E-state index contributed by atoms with van der Waals surface area (Å²) < 4.78 is 0. The van der Waals surface area contributed by atoms with Gasteiger partial charge in [-0.2, -0.15) is 0 Å². The van der Waals surface area contributed by atoms with Crippen LogP contribution in [0.4, 0.5) is 5.69 Å². The van der Waals surface area contributed by atoms with E-state index >= 15 is 0 Å². The molecule has 0 saturated heterocycles. The van der Waals surface area contributed by atoms with E-state index in [1.807, 2.05) is 6.07 Å². The Bertz CT molecular complexity index is 520. The van der Waals surface area contributed by atoms with Crippen molar-refractivity contribution in [3.8, 4) is 11.1 Å². The molecule has 80 valence electrons. The number of nitrogens with two attached hydrogens (primary N) is 1. The van der Waals surface area contributed by atoms with Crippen LogP contribution in [0.2, 0.25) is 0 Å². The molecule has 0 bridgehead atoms. The summed E-state index contributed by atoms with van der Waals surface area (Å²) in [6.07, 6.45) is 0. The molecule has 1 heterocycles. The van der Waals surface area contributed by atoms with Gasteiger partial charge in [-0.25, -0.2) is 0 Å². The van der Waals surface area contributed by atoms with Gasteiger partial charge in [-0.15, -0.1) is 0 Å². The van der Waals surface area contributed by atoms with E-state index in [4.69, 9.17) is 5.73 Å². The largest absolute Gasteiger partial charge is 0.376 e. The van der Waals surface area contributed by atoms with Gasteiger partial charge < -0.3 is 11.1 Å². The van der Waals surface area contributed by atoms with Crippen LogP contribution in [0.25, 0.3) is 11.1 Å². The molecule has 0 fully saturated rings. The lowest BCUT2D eigenvalue weighted by Gasteiger charge is -2.28. The molecule has 0 saturated carbocycles. The van der Waals surface area contributed by atoms with Gasteiger partial charge in [-0.3, -0.25) is 0 Å². The highest BCUT2D eigenvalue weighted by atomic mass is 15.0. The van der Waals surface area contributed by atoms with Gasteiger partial charge in [0, 0.05) is 17.8 Å². The van der Waals surface area contributed by atoms with Crippen molar-refractivity contribution in [1.29, 1.82) is 0 Å². The standard InChI is InChI=1S/C14H14N2/c15-9-14-12-7-2-1-5-10(12)11-6-3-4-8-13(11)16-14/h1-8,14,16H,9,15H2. The molecule has 2 aromatic rings. The zero-order chi connectivity index (χ0) is 11.0. The second-order valence-electron chi connectivity index (χ2n) is 4.07. The molecule has 2 aromatic carbocycles. The lowest BCUT2D eigenvalue weighted by Crippen LogP contribution is -2.24. The van der Waals surface area contributed by atoms with Crippen LogP contribution in [0.15, 0.2) is 48.5 Å². The molecule has 1 atom stereocenters. The number of fused-ring (bicyclic) bond motifs is 3. The maximum Gasteiger partial charge on any atom is 0.0642 e. The number of para-hydroxylation sites is 1. The molecule has 0 aromatic heterocycles. The summed E-state index contributed by atoms with van der Waals surface area (Å²) in [5.41, 5.74) is 10.9. The van der Waals surface area contributed by atoms with Crippen molar-refractivity contribution in [2.75, 3.05) is 11.9 Å². The Kier molecular flexibility index (Phi) is 2.15. The van der Waals surface area contributed by atoms with Crippen molar-refractivity contribution in [2.45, 2.75) is 6.04 Å². The Balaban J connectivity index is 2.24. The first-order valence-electron chi connectivity index (χ1n) is 5.55. The predicted molar refractivity (Wildman–Crippen MR) is 67.3 cm³/mol. The minimum Gasteiger partial charge on any atom is -0.376 e. The first kappa shape index (κ1) is 9.43. The lowest BCUT2D eigenvalue weighted by atomic mass is 9.90. The number of hydrogen-bond acceptors (Lipinski definition) is 2. The molecule has 1 aliphatic rings. The van der Waals surface area contributed by atoms with Crippen LogP contribution in [0.1, 0.15) is 11.6 Å². The zero-order valence-electron chi connectivity index (χ0n) is 8.98. The molecule has 2 heteroatoms. The van der Waals surface area contributed by atoms with Crippen LogP contribution >= 0.6 is 0 Å². The summed E-state index contributed by atoms with van der Waals surface area (Å²) >= 11 is 0. The maximum atomic E-state index is 5.81. The van der Waals surface area contributed by atoms with Crippen molar-refractivity contribution in [1.82, 2.24) is 0 Å². The monoisotopic (exact) mass is 210 g/mol. The fourth-order valence-electron chi connectivity index (χ4n) is 2.34. The molecule has 0 amide bonds. The van der Waals surface area contributed by atoms with Gasteiger partial charge >= 0.3 is 0 Å². The third kappa shape index (κ3) is 1.31. The minimum absolute atomic E-state index is 0.228. The van der Waals surface area contributed by atoms with Crippen molar-refractivity contribution in [2.24, 2.45) is 5.73 Å². The number of rotatable bonds is 1. The summed E-state index contributed by atoms with van der Waals surface area (Å²) in [6.45, 7) is 0.616. The van der Waals surface area contributed by atoms with Gasteiger partial charge in [-0.1, -0.05) is 42.5 Å². The normalized spacial score (nSPS) is 17.2. The van der Waals surface area contributed by atoms with Gasteiger partial charge in [0.25, 0.3) is 0 Å². The molecular weight excluding hydrogens is 196 g/mol. The van der Waals surface area contributed by atoms with Crippen LogP contribution in [-0.2, 0) is 0 Å². The first-order valence-corrected chi connectivity index (χ1v) is 5.55. The third-order valence-corrected chi connectivity index (χ3v) is 3.12. The summed E-state index contributed by atoms with van der Waals surface area (Å²) in [7, 11) is 0. The maximum absolute atomic E-state index is 5.81. The van der Waals surface area contributed by atoms with Gasteiger partial charge in [-0.05, 0) is 17.2 Å². The second-order valence-corrected chi connectivity index (χ2v) is 4.07. The van der Waals surface area contributed by atoms with Crippen molar-refractivity contribution in [3.05, 3.63) is 54.1 Å². The fourth-order valence-corrected chi connectivity index (χ4v) is 2.34. The second kappa shape index (κ2) is 3.65. The van der Waals surface area contributed by atoms with Gasteiger partial charge in [0.05, 0.1) is 6.04 Å². The average Bonchev–Trinajstić information content (AvgIpc) is 2.38. The van der Waals surface area contributed by atoms with Crippen LogP contribution < -0.4 is 11.1 Å². The molecular formula is C14H14N2. The van der Waals surface area contributed by atoms with E-state index < -0.39 is 0 Å². The third-order valence-electron chi connectivity index (χ3n) is 3.12. The lowest BCUT2D eigenvalue weighted by molar-refractivity contribution is 0.785. The molecule has 2 nitrogen and oxygen atoms in total. The molecule has 0 radical (unpaired) electrons. The smallest absolute Gasteiger partial charge is 0.0642 e. The summed E-state index contributed by atoms with van der Waals surface area (Å²) in [6, 6.07) is 17.1. The zero-order valence-corrected chi connectivity index (χ0v) is 8.98. The number of nitrogens with one attached hydrogen (secondary N) is 1. The Labute approximate surface area is 95.1 Å². The van der Waals surface area contributed by atoms with Gasteiger partial charge in [0.2, 0.25) is 0 Å². The first-order chi connectivity index (χ1) is 7.90. The molecule has 16 heavy (non-hydrogen) atoms. The Hall–Kier alpha value is -1.80. The Morgan fingerprint density at radius 2 is 1.62 bits per heavy atom. The van der Waals surface area contributed by atoms with Gasteiger partial charge in [0.1, 0.15) is 0 Å². The summed E-state index contributed by atoms with van der Waals surface area (Å²) in [4.78, 5) is 0. The molecule has 1 unspecified atom stereocenters. The van der Waals surface area contributed by atoms with E-state index in [1.54, 1.807) is 0 Å². The molecule has 0 aliphatic carbocycles. The topological polar surface area (TPSA) is 38.0 Å². The SMILES string of the molecule is NCC1Nc2ccccc2-c2ccccc21. The summed E-state index contributed by atoms with van der Waals surface area (Å²) in [5, 5.41) is 3.48. The Morgan fingerprint density at radius 1 is 0.938 bits per heavy atom. The molecule has 1 aliphatic heterocycles. The van der Waals surface area contributed by atoms with Crippen LogP contribution in [0.5, 0.6) is 0 Å². The number of benzene rings is 2. The number of hydrogen-bond donors (Lipinski definition) is 2. The van der Waals surface area contributed by atoms with E-state index in [1.165, 1.54) is 22.4 Å². The summed E-state index contributed by atoms with van der Waals surface area (Å²) in [5.74, 6) is 0. The van der Waals surface area contributed by atoms with Crippen molar-refractivity contribution >= 4 is 5.69 Å². The van der Waals surface area contributed by atoms with E-state index in [0.717, 1.165) is 0 Å². The van der Waals surface area contributed by atoms with Crippen LogP contribution in [0.3, 0.4) is 0 Å². The van der Waals surface area contributed by atoms with Crippen LogP contribution in [0, 0.1) is 0 Å². The van der Waals surface area contributed by atoms with Crippen LogP contribution in [-0.4, -0.2) is 6.54 Å². The molecule has 0 spiro atoms. The Morgan fingerprint density at radius 3 is 2.44 bits per heavy atom. The van der Waals surface area contributed by atoms with E-state index in [9.17, 15) is 0 Å². The van der Waals surface area contributed by atoms with Gasteiger partial charge in [0.15, 0.2) is 0 Å². The predicted octanol–water partition coefficient (Wildman–Crippen LogP) is 2.78. The minimum atomic E-state index is 0.228.